The first-order valence-electron chi connectivity index (χ1n) is 5.09. The summed E-state index contributed by atoms with van der Waals surface area (Å²) in [6.45, 7) is 2.08. The maximum atomic E-state index is 4.34. The molecule has 0 fully saturated rings. The Morgan fingerprint density at radius 2 is 2.12 bits per heavy atom. The first-order valence-corrected chi connectivity index (χ1v) is 5.97. The van der Waals surface area contributed by atoms with Crippen LogP contribution < -0.4 is 0 Å². The van der Waals surface area contributed by atoms with Gasteiger partial charge in [-0.1, -0.05) is 6.07 Å². The van der Waals surface area contributed by atoms with E-state index in [1.165, 1.54) is 21.4 Å². The molecule has 16 heavy (non-hydrogen) atoms. The third kappa shape index (κ3) is 1.49. The lowest BCUT2D eigenvalue weighted by Crippen LogP contribution is -1.84. The minimum atomic E-state index is 1.07. The predicted octanol–water partition coefficient (Wildman–Crippen LogP) is 3.67. The molecular weight excluding hydrogens is 216 g/mol. The molecule has 78 valence electrons. The van der Waals surface area contributed by atoms with Crippen molar-refractivity contribution in [2.45, 2.75) is 6.92 Å². The van der Waals surface area contributed by atoms with Crippen molar-refractivity contribution < 1.29 is 0 Å². The van der Waals surface area contributed by atoms with E-state index < -0.39 is 0 Å². The molecular formula is C13H10N2S. The fourth-order valence-corrected chi connectivity index (χ4v) is 2.48. The lowest BCUT2D eigenvalue weighted by molar-refractivity contribution is 1.27. The molecule has 0 saturated carbocycles. The number of nitrogens with zero attached hydrogens (tertiary/aromatic N) is 2. The minimum Gasteiger partial charge on any atom is -0.264 e. The number of rotatable bonds is 1. The standard InChI is InChI=1S/C13H10N2S/c1-9-7-14-5-4-11(9)10-2-3-13-12(6-10)15-8-16-13/h2-8H,1H3. The average molecular weight is 226 g/mol. The highest BCUT2D eigenvalue weighted by Gasteiger charge is 2.03. The number of thiazole rings is 1. The van der Waals surface area contributed by atoms with Crippen LogP contribution in [0.2, 0.25) is 0 Å². The van der Waals surface area contributed by atoms with Gasteiger partial charge in [0.25, 0.3) is 0 Å². The molecule has 0 N–H and O–H groups in total. The Balaban J connectivity index is 2.22. The van der Waals surface area contributed by atoms with Crippen molar-refractivity contribution in [3.63, 3.8) is 0 Å². The maximum absolute atomic E-state index is 4.34. The van der Waals surface area contributed by atoms with E-state index in [0.29, 0.717) is 0 Å². The number of aryl methyl sites for hydroxylation is 1. The third-order valence-corrected chi connectivity index (χ3v) is 3.47. The van der Waals surface area contributed by atoms with E-state index in [9.17, 15) is 0 Å². The van der Waals surface area contributed by atoms with Gasteiger partial charge in [-0.05, 0) is 41.8 Å². The van der Waals surface area contributed by atoms with Gasteiger partial charge in [-0.15, -0.1) is 11.3 Å². The summed E-state index contributed by atoms with van der Waals surface area (Å²) in [4.78, 5) is 8.45. The summed E-state index contributed by atoms with van der Waals surface area (Å²) in [5, 5.41) is 0. The Labute approximate surface area is 97.6 Å². The quantitative estimate of drug-likeness (QED) is 0.632. The Morgan fingerprint density at radius 3 is 3.00 bits per heavy atom. The van der Waals surface area contributed by atoms with Gasteiger partial charge in [-0.2, -0.15) is 0 Å². The lowest BCUT2D eigenvalue weighted by atomic mass is 10.0. The number of aromatic nitrogens is 2. The molecule has 0 aliphatic heterocycles. The van der Waals surface area contributed by atoms with Gasteiger partial charge >= 0.3 is 0 Å². The molecule has 0 unspecified atom stereocenters. The van der Waals surface area contributed by atoms with Crippen molar-refractivity contribution in [1.29, 1.82) is 0 Å². The first-order chi connectivity index (χ1) is 7.84. The van der Waals surface area contributed by atoms with Gasteiger partial charge < -0.3 is 0 Å². The SMILES string of the molecule is Cc1cnccc1-c1ccc2scnc2c1. The molecule has 3 aromatic rings. The molecule has 3 rings (SSSR count). The summed E-state index contributed by atoms with van der Waals surface area (Å²) >= 11 is 1.67. The molecule has 0 aliphatic carbocycles. The van der Waals surface area contributed by atoms with Crippen LogP contribution in [0.25, 0.3) is 21.3 Å². The Bertz CT molecular complexity index is 643. The molecule has 0 atom stereocenters. The van der Waals surface area contributed by atoms with Crippen LogP contribution in [0.3, 0.4) is 0 Å². The highest BCUT2D eigenvalue weighted by atomic mass is 32.1. The molecule has 2 heterocycles. The molecule has 0 saturated heterocycles. The van der Waals surface area contributed by atoms with E-state index in [0.717, 1.165) is 5.52 Å². The van der Waals surface area contributed by atoms with Crippen LogP contribution in [0, 0.1) is 6.92 Å². The van der Waals surface area contributed by atoms with Gasteiger partial charge in [0.15, 0.2) is 0 Å². The molecule has 0 radical (unpaired) electrons. The van der Waals surface area contributed by atoms with Crippen molar-refractivity contribution in [2.75, 3.05) is 0 Å². The Morgan fingerprint density at radius 1 is 1.19 bits per heavy atom. The Hall–Kier alpha value is -1.74. The fraction of sp³-hybridized carbons (Fsp3) is 0.0769. The molecule has 3 heteroatoms. The number of fused-ring (bicyclic) bond motifs is 1. The van der Waals surface area contributed by atoms with Crippen LogP contribution in [-0.4, -0.2) is 9.97 Å². The van der Waals surface area contributed by atoms with Crippen LogP contribution in [0.1, 0.15) is 5.56 Å². The number of benzene rings is 1. The highest BCUT2D eigenvalue weighted by Crippen LogP contribution is 2.27. The molecule has 0 bridgehead atoms. The lowest BCUT2D eigenvalue weighted by Gasteiger charge is -2.04. The topological polar surface area (TPSA) is 25.8 Å². The van der Waals surface area contributed by atoms with Gasteiger partial charge in [0, 0.05) is 12.4 Å². The van der Waals surface area contributed by atoms with Gasteiger partial charge in [0.2, 0.25) is 0 Å². The summed E-state index contributed by atoms with van der Waals surface area (Å²) in [6, 6.07) is 8.45. The van der Waals surface area contributed by atoms with Crippen molar-refractivity contribution in [3.8, 4) is 11.1 Å². The van der Waals surface area contributed by atoms with Crippen LogP contribution in [0.4, 0.5) is 0 Å². The van der Waals surface area contributed by atoms with Gasteiger partial charge in [0.05, 0.1) is 15.7 Å². The number of hydrogen-bond acceptors (Lipinski definition) is 3. The van der Waals surface area contributed by atoms with Crippen molar-refractivity contribution in [2.24, 2.45) is 0 Å². The second-order valence-corrected chi connectivity index (χ2v) is 4.61. The zero-order valence-corrected chi connectivity index (χ0v) is 9.66. The molecule has 0 amide bonds. The second-order valence-electron chi connectivity index (χ2n) is 3.73. The normalized spacial score (nSPS) is 10.8. The third-order valence-electron chi connectivity index (χ3n) is 2.66. The maximum Gasteiger partial charge on any atom is 0.0818 e. The number of pyridine rings is 1. The summed E-state index contributed by atoms with van der Waals surface area (Å²) < 4.78 is 1.23. The summed E-state index contributed by atoms with van der Waals surface area (Å²) in [5.41, 5.74) is 6.58. The molecule has 0 spiro atoms. The first kappa shape index (κ1) is 9.48. The zero-order valence-electron chi connectivity index (χ0n) is 8.84. The van der Waals surface area contributed by atoms with Crippen LogP contribution in [-0.2, 0) is 0 Å². The zero-order chi connectivity index (χ0) is 11.0. The van der Waals surface area contributed by atoms with Crippen LogP contribution in [0.5, 0.6) is 0 Å². The van der Waals surface area contributed by atoms with Gasteiger partial charge in [-0.3, -0.25) is 4.98 Å². The summed E-state index contributed by atoms with van der Waals surface area (Å²) in [6.07, 6.45) is 3.72. The van der Waals surface area contributed by atoms with Crippen molar-refractivity contribution in [3.05, 3.63) is 47.7 Å². The fourth-order valence-electron chi connectivity index (χ4n) is 1.82. The molecule has 2 nitrogen and oxygen atoms in total. The summed E-state index contributed by atoms with van der Waals surface area (Å²) in [5.74, 6) is 0. The highest BCUT2D eigenvalue weighted by molar-refractivity contribution is 7.16. The van der Waals surface area contributed by atoms with Crippen molar-refractivity contribution in [1.82, 2.24) is 9.97 Å². The van der Waals surface area contributed by atoms with E-state index in [1.807, 2.05) is 24.0 Å². The minimum absolute atomic E-state index is 1.07. The van der Waals surface area contributed by atoms with E-state index in [2.05, 4.69) is 35.1 Å². The van der Waals surface area contributed by atoms with E-state index in [4.69, 9.17) is 0 Å². The van der Waals surface area contributed by atoms with Gasteiger partial charge in [0.1, 0.15) is 0 Å². The monoisotopic (exact) mass is 226 g/mol. The second kappa shape index (κ2) is 3.68. The van der Waals surface area contributed by atoms with E-state index >= 15 is 0 Å². The predicted molar refractivity (Wildman–Crippen MR) is 67.6 cm³/mol. The number of hydrogen-bond donors (Lipinski definition) is 0. The Kier molecular flexibility index (Phi) is 2.18. The average Bonchev–Trinajstić information content (AvgIpc) is 2.76. The van der Waals surface area contributed by atoms with Gasteiger partial charge in [-0.25, -0.2) is 4.98 Å². The molecule has 0 aliphatic rings. The van der Waals surface area contributed by atoms with Crippen LogP contribution in [0.15, 0.2) is 42.2 Å². The van der Waals surface area contributed by atoms with E-state index in [-0.39, 0.29) is 0 Å². The summed E-state index contributed by atoms with van der Waals surface area (Å²) in [7, 11) is 0. The van der Waals surface area contributed by atoms with Crippen LogP contribution >= 0.6 is 11.3 Å². The largest absolute Gasteiger partial charge is 0.264 e. The van der Waals surface area contributed by atoms with Crippen molar-refractivity contribution >= 4 is 21.6 Å². The van der Waals surface area contributed by atoms with E-state index in [1.54, 1.807) is 11.3 Å². The molecule has 2 aromatic heterocycles. The molecule has 1 aromatic carbocycles. The smallest absolute Gasteiger partial charge is 0.0818 e.